The van der Waals surface area contributed by atoms with Crippen LogP contribution in [-0.4, -0.2) is 34.8 Å². The van der Waals surface area contributed by atoms with Gasteiger partial charge in [0.25, 0.3) is 5.91 Å². The van der Waals surface area contributed by atoms with Crippen LogP contribution in [0, 0.1) is 5.92 Å². The van der Waals surface area contributed by atoms with Crippen molar-refractivity contribution < 1.29 is 22.8 Å². The minimum atomic E-state index is -4.45. The summed E-state index contributed by atoms with van der Waals surface area (Å²) >= 11 is 3.27. The summed E-state index contributed by atoms with van der Waals surface area (Å²) in [7, 11) is 0. The highest BCUT2D eigenvalue weighted by molar-refractivity contribution is 9.10. The maximum atomic E-state index is 12.7. The maximum absolute atomic E-state index is 12.7. The highest BCUT2D eigenvalue weighted by Crippen LogP contribution is 2.29. The monoisotopic (exact) mass is 455 g/mol. The molecule has 5 nitrogen and oxygen atoms in total. The standard InChI is InChI=1S/C19H17BrF3N3O2/c20-15-7-8-16(24-10-15)25-17(27)13-2-1-9-26(11-13)18(28)12-3-5-14(6-4-12)19(21,22)23/h3-8,10,13H,1-2,9,11H2,(H,24,25,27). The van der Waals surface area contributed by atoms with Gasteiger partial charge in [0.15, 0.2) is 0 Å². The first-order chi connectivity index (χ1) is 13.2. The number of nitrogens with one attached hydrogen (secondary N) is 1. The number of amides is 2. The second kappa shape index (κ2) is 8.30. The number of pyridine rings is 1. The third kappa shape index (κ3) is 4.89. The zero-order valence-electron chi connectivity index (χ0n) is 14.7. The molecule has 1 unspecified atom stereocenters. The molecule has 3 rings (SSSR count). The van der Waals surface area contributed by atoms with E-state index >= 15 is 0 Å². The maximum Gasteiger partial charge on any atom is 0.416 e. The normalized spacial score (nSPS) is 17.3. The third-order valence-electron chi connectivity index (χ3n) is 4.52. The smallest absolute Gasteiger partial charge is 0.338 e. The lowest BCUT2D eigenvalue weighted by Gasteiger charge is -2.32. The number of aromatic nitrogens is 1. The van der Waals surface area contributed by atoms with Crippen molar-refractivity contribution in [2.75, 3.05) is 18.4 Å². The average molecular weight is 456 g/mol. The molecule has 2 heterocycles. The molecule has 1 aromatic carbocycles. The van der Waals surface area contributed by atoms with Crippen molar-refractivity contribution in [2.45, 2.75) is 19.0 Å². The van der Waals surface area contributed by atoms with Gasteiger partial charge in [-0.05, 0) is 65.2 Å². The molecule has 28 heavy (non-hydrogen) atoms. The Balaban J connectivity index is 1.64. The van der Waals surface area contributed by atoms with Crippen LogP contribution in [0.1, 0.15) is 28.8 Å². The molecule has 1 aromatic heterocycles. The predicted octanol–water partition coefficient (Wildman–Crippen LogP) is 4.35. The molecule has 2 aromatic rings. The third-order valence-corrected chi connectivity index (χ3v) is 4.99. The Morgan fingerprint density at radius 1 is 1.14 bits per heavy atom. The van der Waals surface area contributed by atoms with E-state index in [0.29, 0.717) is 25.2 Å². The van der Waals surface area contributed by atoms with Crippen LogP contribution in [0.15, 0.2) is 47.1 Å². The molecule has 1 saturated heterocycles. The summed E-state index contributed by atoms with van der Waals surface area (Å²) in [6.07, 6.45) is -1.62. The minimum Gasteiger partial charge on any atom is -0.338 e. The molecule has 2 amide bonds. The molecular weight excluding hydrogens is 439 g/mol. The van der Waals surface area contributed by atoms with Crippen LogP contribution >= 0.6 is 15.9 Å². The number of alkyl halides is 3. The largest absolute Gasteiger partial charge is 0.416 e. The summed E-state index contributed by atoms with van der Waals surface area (Å²) in [4.78, 5) is 30.7. The van der Waals surface area contributed by atoms with E-state index in [1.807, 2.05) is 0 Å². The van der Waals surface area contributed by atoms with Gasteiger partial charge in [-0.25, -0.2) is 4.98 Å². The SMILES string of the molecule is O=C(Nc1ccc(Br)cn1)C1CCCN(C(=O)c2ccc(C(F)(F)F)cc2)C1. The Kier molecular flexibility index (Phi) is 6.02. The van der Waals surface area contributed by atoms with E-state index in [1.165, 1.54) is 17.0 Å². The zero-order valence-corrected chi connectivity index (χ0v) is 16.3. The summed E-state index contributed by atoms with van der Waals surface area (Å²) in [6, 6.07) is 7.53. The summed E-state index contributed by atoms with van der Waals surface area (Å²) in [5, 5.41) is 2.73. The summed E-state index contributed by atoms with van der Waals surface area (Å²) in [5.41, 5.74) is -0.634. The van der Waals surface area contributed by atoms with Crippen molar-refractivity contribution in [1.82, 2.24) is 9.88 Å². The Morgan fingerprint density at radius 2 is 1.86 bits per heavy atom. The minimum absolute atomic E-state index is 0.170. The topological polar surface area (TPSA) is 62.3 Å². The number of carbonyl (C=O) groups is 2. The molecule has 0 spiro atoms. The van der Waals surface area contributed by atoms with Gasteiger partial charge in [-0.15, -0.1) is 0 Å². The second-order valence-corrected chi connectivity index (χ2v) is 7.43. The molecule has 9 heteroatoms. The molecule has 0 aliphatic carbocycles. The number of piperidine rings is 1. The quantitative estimate of drug-likeness (QED) is 0.747. The Morgan fingerprint density at radius 3 is 2.46 bits per heavy atom. The fraction of sp³-hybridized carbons (Fsp3) is 0.316. The molecular formula is C19H17BrF3N3O2. The van der Waals surface area contributed by atoms with Gasteiger partial charge < -0.3 is 10.2 Å². The van der Waals surface area contributed by atoms with Crippen LogP contribution < -0.4 is 5.32 Å². The summed E-state index contributed by atoms with van der Waals surface area (Å²) in [6.45, 7) is 0.669. The number of hydrogen-bond donors (Lipinski definition) is 1. The molecule has 1 atom stereocenters. The number of halogens is 4. The van der Waals surface area contributed by atoms with Crippen LogP contribution in [0.5, 0.6) is 0 Å². The summed E-state index contributed by atoms with van der Waals surface area (Å²) < 4.78 is 38.8. The van der Waals surface area contributed by atoms with Crippen LogP contribution in [0.25, 0.3) is 0 Å². The van der Waals surface area contributed by atoms with Crippen molar-refractivity contribution in [1.29, 1.82) is 0 Å². The fourth-order valence-electron chi connectivity index (χ4n) is 3.04. The highest BCUT2D eigenvalue weighted by Gasteiger charge is 2.32. The molecule has 1 aliphatic heterocycles. The second-order valence-electron chi connectivity index (χ2n) is 6.52. The lowest BCUT2D eigenvalue weighted by Crippen LogP contribution is -2.43. The number of anilines is 1. The zero-order chi connectivity index (χ0) is 20.3. The number of nitrogens with zero attached hydrogens (tertiary/aromatic N) is 2. The van der Waals surface area contributed by atoms with Crippen molar-refractivity contribution in [2.24, 2.45) is 5.92 Å². The number of rotatable bonds is 3. The van der Waals surface area contributed by atoms with Crippen LogP contribution in [-0.2, 0) is 11.0 Å². The first-order valence-electron chi connectivity index (χ1n) is 8.63. The molecule has 1 aliphatic rings. The van der Waals surface area contributed by atoms with Crippen LogP contribution in [0.3, 0.4) is 0 Å². The van der Waals surface area contributed by atoms with Crippen molar-refractivity contribution in [3.05, 3.63) is 58.2 Å². The number of carbonyl (C=O) groups excluding carboxylic acids is 2. The Labute approximate surface area is 168 Å². The van der Waals surface area contributed by atoms with Gasteiger partial charge in [-0.1, -0.05) is 0 Å². The van der Waals surface area contributed by atoms with E-state index in [1.54, 1.807) is 18.3 Å². The van der Waals surface area contributed by atoms with E-state index in [9.17, 15) is 22.8 Å². The molecule has 0 radical (unpaired) electrons. The number of hydrogen-bond acceptors (Lipinski definition) is 3. The van der Waals surface area contributed by atoms with Crippen molar-refractivity contribution >= 4 is 33.6 Å². The van der Waals surface area contributed by atoms with Gasteiger partial charge in [0.05, 0.1) is 11.5 Å². The number of likely N-dealkylation sites (tertiary alicyclic amines) is 1. The van der Waals surface area contributed by atoms with E-state index in [2.05, 4.69) is 26.2 Å². The Hall–Kier alpha value is -2.42. The van der Waals surface area contributed by atoms with E-state index < -0.39 is 17.7 Å². The summed E-state index contributed by atoms with van der Waals surface area (Å²) in [5.74, 6) is -0.607. The average Bonchev–Trinajstić information content (AvgIpc) is 2.68. The van der Waals surface area contributed by atoms with Gasteiger partial charge in [0, 0.05) is 29.3 Å². The van der Waals surface area contributed by atoms with Gasteiger partial charge in [-0.2, -0.15) is 13.2 Å². The van der Waals surface area contributed by atoms with Gasteiger partial charge >= 0.3 is 6.18 Å². The van der Waals surface area contributed by atoms with Gasteiger partial charge in [-0.3, -0.25) is 9.59 Å². The predicted molar refractivity (Wildman–Crippen MR) is 101 cm³/mol. The van der Waals surface area contributed by atoms with Gasteiger partial charge in [0.1, 0.15) is 5.82 Å². The molecule has 0 saturated carbocycles. The highest BCUT2D eigenvalue weighted by atomic mass is 79.9. The fourth-order valence-corrected chi connectivity index (χ4v) is 3.27. The number of benzene rings is 1. The first kappa shape index (κ1) is 20.3. The van der Waals surface area contributed by atoms with Gasteiger partial charge in [0.2, 0.25) is 5.91 Å². The lowest BCUT2D eigenvalue weighted by atomic mass is 9.96. The lowest BCUT2D eigenvalue weighted by molar-refractivity contribution is -0.137. The molecule has 148 valence electrons. The molecule has 0 bridgehead atoms. The van der Waals surface area contributed by atoms with Crippen LogP contribution in [0.2, 0.25) is 0 Å². The van der Waals surface area contributed by atoms with E-state index in [0.717, 1.165) is 16.6 Å². The van der Waals surface area contributed by atoms with Crippen LogP contribution in [0.4, 0.5) is 19.0 Å². The van der Waals surface area contributed by atoms with Crippen molar-refractivity contribution in [3.8, 4) is 0 Å². The van der Waals surface area contributed by atoms with Crippen molar-refractivity contribution in [3.63, 3.8) is 0 Å². The van der Waals surface area contributed by atoms with E-state index in [4.69, 9.17) is 0 Å². The van der Waals surface area contributed by atoms with E-state index in [-0.39, 0.29) is 23.9 Å². The molecule has 1 N–H and O–H groups in total. The molecule has 1 fully saturated rings. The first-order valence-corrected chi connectivity index (χ1v) is 9.42. The Bertz CT molecular complexity index is 854.